The van der Waals surface area contributed by atoms with E-state index in [2.05, 4.69) is 31.0 Å². The summed E-state index contributed by atoms with van der Waals surface area (Å²) in [6.45, 7) is 12.3. The standard InChI is InChI=1S/C15H27N3O/c1-5-18(6-2)11-12(4)17-14-8-13(16)9-15(10-14)19-7-3/h8-10,12,17H,5-7,11,16H2,1-4H3. The van der Waals surface area contributed by atoms with Gasteiger partial charge in [0.25, 0.3) is 0 Å². The second-order valence-corrected chi connectivity index (χ2v) is 4.75. The van der Waals surface area contributed by atoms with Crippen LogP contribution in [0.2, 0.25) is 0 Å². The van der Waals surface area contributed by atoms with Gasteiger partial charge in [0, 0.05) is 36.1 Å². The molecule has 0 aliphatic carbocycles. The molecule has 4 heteroatoms. The third-order valence-corrected chi connectivity index (χ3v) is 3.08. The molecule has 0 aromatic heterocycles. The summed E-state index contributed by atoms with van der Waals surface area (Å²) in [7, 11) is 0. The first kappa shape index (κ1) is 15.6. The molecule has 1 aromatic rings. The molecule has 1 unspecified atom stereocenters. The third kappa shape index (κ3) is 5.39. The summed E-state index contributed by atoms with van der Waals surface area (Å²) in [4.78, 5) is 2.40. The maximum atomic E-state index is 5.89. The summed E-state index contributed by atoms with van der Waals surface area (Å²) < 4.78 is 5.50. The van der Waals surface area contributed by atoms with Crippen molar-refractivity contribution < 1.29 is 4.74 Å². The van der Waals surface area contributed by atoms with E-state index in [0.717, 1.165) is 36.8 Å². The number of nitrogens with two attached hydrogens (primary N) is 1. The highest BCUT2D eigenvalue weighted by molar-refractivity contribution is 5.59. The number of likely N-dealkylation sites (N-methyl/N-ethyl adjacent to an activating group) is 1. The molecule has 0 fully saturated rings. The van der Waals surface area contributed by atoms with Crippen LogP contribution in [0.5, 0.6) is 5.75 Å². The molecule has 0 saturated carbocycles. The zero-order valence-corrected chi connectivity index (χ0v) is 12.6. The lowest BCUT2D eigenvalue weighted by molar-refractivity contribution is 0.294. The van der Waals surface area contributed by atoms with Crippen LogP contribution in [0.1, 0.15) is 27.7 Å². The topological polar surface area (TPSA) is 50.5 Å². The van der Waals surface area contributed by atoms with E-state index in [-0.39, 0.29) is 0 Å². The SMILES string of the molecule is CCOc1cc(N)cc(NC(C)CN(CC)CC)c1. The second kappa shape index (κ2) is 7.89. The average Bonchev–Trinajstić information content (AvgIpc) is 2.35. The van der Waals surface area contributed by atoms with Crippen molar-refractivity contribution >= 4 is 11.4 Å². The highest BCUT2D eigenvalue weighted by atomic mass is 16.5. The number of benzene rings is 1. The Morgan fingerprint density at radius 1 is 1.21 bits per heavy atom. The van der Waals surface area contributed by atoms with Gasteiger partial charge in [-0.25, -0.2) is 0 Å². The van der Waals surface area contributed by atoms with Crippen molar-refractivity contribution in [3.8, 4) is 5.75 Å². The predicted octanol–water partition coefficient (Wildman–Crippen LogP) is 2.81. The molecule has 0 amide bonds. The van der Waals surface area contributed by atoms with Crippen molar-refractivity contribution in [2.45, 2.75) is 33.7 Å². The maximum absolute atomic E-state index is 5.89. The lowest BCUT2D eigenvalue weighted by atomic mass is 10.2. The van der Waals surface area contributed by atoms with E-state index in [0.29, 0.717) is 12.6 Å². The van der Waals surface area contributed by atoms with Crippen LogP contribution in [-0.4, -0.2) is 37.2 Å². The van der Waals surface area contributed by atoms with Crippen LogP contribution in [0.4, 0.5) is 11.4 Å². The van der Waals surface area contributed by atoms with Crippen LogP contribution in [0.15, 0.2) is 18.2 Å². The van der Waals surface area contributed by atoms with Crippen molar-refractivity contribution in [3.05, 3.63) is 18.2 Å². The summed E-state index contributed by atoms with van der Waals surface area (Å²) in [6.07, 6.45) is 0. The largest absolute Gasteiger partial charge is 0.494 e. The summed E-state index contributed by atoms with van der Waals surface area (Å²) in [5.41, 5.74) is 7.63. The molecule has 0 spiro atoms. The van der Waals surface area contributed by atoms with Gasteiger partial charge in [-0.15, -0.1) is 0 Å². The summed E-state index contributed by atoms with van der Waals surface area (Å²) >= 11 is 0. The van der Waals surface area contributed by atoms with Crippen LogP contribution in [0.3, 0.4) is 0 Å². The predicted molar refractivity (Wildman–Crippen MR) is 82.9 cm³/mol. The Labute approximate surface area is 116 Å². The summed E-state index contributed by atoms with van der Waals surface area (Å²) in [5, 5.41) is 3.48. The zero-order chi connectivity index (χ0) is 14.3. The van der Waals surface area contributed by atoms with E-state index < -0.39 is 0 Å². The number of nitrogens with one attached hydrogen (secondary N) is 1. The Balaban J connectivity index is 2.65. The van der Waals surface area contributed by atoms with Gasteiger partial charge in [-0.2, -0.15) is 0 Å². The van der Waals surface area contributed by atoms with Gasteiger partial charge in [-0.3, -0.25) is 0 Å². The van der Waals surface area contributed by atoms with Gasteiger partial charge in [0.05, 0.1) is 6.61 Å². The molecule has 0 radical (unpaired) electrons. The minimum atomic E-state index is 0.371. The van der Waals surface area contributed by atoms with Gasteiger partial charge in [0.15, 0.2) is 0 Å². The fourth-order valence-corrected chi connectivity index (χ4v) is 2.15. The summed E-state index contributed by atoms with van der Waals surface area (Å²) in [6, 6.07) is 6.17. The van der Waals surface area contributed by atoms with E-state index >= 15 is 0 Å². The second-order valence-electron chi connectivity index (χ2n) is 4.75. The Kier molecular flexibility index (Phi) is 6.50. The minimum Gasteiger partial charge on any atom is -0.494 e. The molecular formula is C15H27N3O. The van der Waals surface area contributed by atoms with Gasteiger partial charge in [-0.1, -0.05) is 13.8 Å². The monoisotopic (exact) mass is 265 g/mol. The minimum absolute atomic E-state index is 0.371. The molecule has 1 atom stereocenters. The van der Waals surface area contributed by atoms with Crippen molar-refractivity contribution in [1.29, 1.82) is 0 Å². The highest BCUT2D eigenvalue weighted by Crippen LogP contribution is 2.23. The number of hydrogen-bond acceptors (Lipinski definition) is 4. The summed E-state index contributed by atoms with van der Waals surface area (Å²) in [5.74, 6) is 0.819. The molecule has 4 nitrogen and oxygen atoms in total. The zero-order valence-electron chi connectivity index (χ0n) is 12.6. The molecule has 0 bridgehead atoms. The van der Waals surface area contributed by atoms with Crippen molar-refractivity contribution in [3.63, 3.8) is 0 Å². The van der Waals surface area contributed by atoms with E-state index in [1.165, 1.54) is 0 Å². The fourth-order valence-electron chi connectivity index (χ4n) is 2.15. The quantitative estimate of drug-likeness (QED) is 0.710. The molecule has 108 valence electrons. The van der Waals surface area contributed by atoms with Gasteiger partial charge >= 0.3 is 0 Å². The van der Waals surface area contributed by atoms with E-state index in [1.807, 2.05) is 25.1 Å². The first-order chi connectivity index (χ1) is 9.08. The Morgan fingerprint density at radius 2 is 1.89 bits per heavy atom. The van der Waals surface area contributed by atoms with Gasteiger partial charge in [-0.05, 0) is 33.0 Å². The first-order valence-corrected chi connectivity index (χ1v) is 7.11. The molecule has 3 N–H and O–H groups in total. The fraction of sp³-hybridized carbons (Fsp3) is 0.600. The molecule has 0 aliphatic heterocycles. The van der Waals surface area contributed by atoms with Crippen molar-refractivity contribution in [2.75, 3.05) is 37.3 Å². The molecule has 0 heterocycles. The average molecular weight is 265 g/mol. The molecule has 0 aliphatic rings. The van der Waals surface area contributed by atoms with E-state index in [9.17, 15) is 0 Å². The van der Waals surface area contributed by atoms with Crippen molar-refractivity contribution in [1.82, 2.24) is 4.90 Å². The Hall–Kier alpha value is -1.42. The molecule has 19 heavy (non-hydrogen) atoms. The van der Waals surface area contributed by atoms with E-state index in [4.69, 9.17) is 10.5 Å². The molecular weight excluding hydrogens is 238 g/mol. The van der Waals surface area contributed by atoms with Crippen LogP contribution < -0.4 is 15.8 Å². The van der Waals surface area contributed by atoms with E-state index in [1.54, 1.807) is 0 Å². The number of nitrogens with zero attached hydrogens (tertiary/aromatic N) is 1. The van der Waals surface area contributed by atoms with Crippen LogP contribution in [0.25, 0.3) is 0 Å². The molecule has 1 rings (SSSR count). The van der Waals surface area contributed by atoms with Crippen LogP contribution >= 0.6 is 0 Å². The number of rotatable bonds is 8. The molecule has 1 aromatic carbocycles. The van der Waals surface area contributed by atoms with Gasteiger partial charge < -0.3 is 20.7 Å². The number of ether oxygens (including phenoxy) is 1. The smallest absolute Gasteiger partial charge is 0.123 e. The Bertz CT molecular complexity index is 378. The number of anilines is 2. The highest BCUT2D eigenvalue weighted by Gasteiger charge is 2.08. The Morgan fingerprint density at radius 3 is 2.47 bits per heavy atom. The molecule has 0 saturated heterocycles. The maximum Gasteiger partial charge on any atom is 0.123 e. The number of hydrogen-bond donors (Lipinski definition) is 2. The van der Waals surface area contributed by atoms with Crippen LogP contribution in [-0.2, 0) is 0 Å². The lowest BCUT2D eigenvalue weighted by Gasteiger charge is -2.24. The normalized spacial score (nSPS) is 12.5. The number of nitrogen functional groups attached to an aromatic ring is 1. The first-order valence-electron chi connectivity index (χ1n) is 7.11. The van der Waals surface area contributed by atoms with Crippen molar-refractivity contribution in [2.24, 2.45) is 0 Å². The van der Waals surface area contributed by atoms with Gasteiger partial charge in [0.2, 0.25) is 0 Å². The third-order valence-electron chi connectivity index (χ3n) is 3.08. The van der Waals surface area contributed by atoms with Crippen LogP contribution in [0, 0.1) is 0 Å². The van der Waals surface area contributed by atoms with Gasteiger partial charge in [0.1, 0.15) is 5.75 Å². The lowest BCUT2D eigenvalue weighted by Crippen LogP contribution is -2.34.